The molecule has 0 radical (unpaired) electrons. The summed E-state index contributed by atoms with van der Waals surface area (Å²) >= 11 is 0. The highest BCUT2D eigenvalue weighted by Crippen LogP contribution is 2.23. The van der Waals surface area contributed by atoms with Crippen molar-refractivity contribution in [3.05, 3.63) is 0 Å². The topological polar surface area (TPSA) is 51.1 Å². The van der Waals surface area contributed by atoms with Gasteiger partial charge in [-0.2, -0.15) is 13.2 Å². The van der Waals surface area contributed by atoms with Crippen LogP contribution in [0.15, 0.2) is 4.99 Å². The highest BCUT2D eigenvalue weighted by Gasteiger charge is 2.34. The van der Waals surface area contributed by atoms with Gasteiger partial charge in [0, 0.05) is 32.7 Å². The Kier molecular flexibility index (Phi) is 8.36. The number of alkyl halides is 3. The van der Waals surface area contributed by atoms with Crippen molar-refractivity contribution >= 4 is 29.9 Å². The number of aliphatic imine (C=N–C) groups is 1. The first-order chi connectivity index (χ1) is 10.4. The van der Waals surface area contributed by atoms with Crippen molar-refractivity contribution in [3.63, 3.8) is 0 Å². The van der Waals surface area contributed by atoms with Crippen LogP contribution in [0.5, 0.6) is 0 Å². The van der Waals surface area contributed by atoms with Gasteiger partial charge in [0.2, 0.25) is 0 Å². The minimum Gasteiger partial charge on any atom is -0.391 e. The number of hydrogen-bond donors (Lipinski definition) is 2. The number of aliphatic hydroxyl groups excluding tert-OH is 1. The lowest BCUT2D eigenvalue weighted by Gasteiger charge is -2.21. The number of β-amino-alcohol motifs (C(OH)–C–C–N with tert-alkyl or cyclic N) is 1. The smallest absolute Gasteiger partial charge is 0.391 e. The minimum absolute atomic E-state index is 0. The van der Waals surface area contributed by atoms with Crippen LogP contribution in [-0.4, -0.2) is 79.0 Å². The van der Waals surface area contributed by atoms with Crippen LogP contribution < -0.4 is 5.32 Å². The summed E-state index contributed by atoms with van der Waals surface area (Å²) in [5, 5.41) is 12.8. The molecular weight excluding hydrogens is 424 g/mol. The number of guanidine groups is 1. The van der Waals surface area contributed by atoms with Gasteiger partial charge in [0.15, 0.2) is 5.96 Å². The number of likely N-dealkylation sites (tertiary alicyclic amines) is 2. The Hall–Kier alpha value is -0.290. The Morgan fingerprint density at radius 3 is 2.57 bits per heavy atom. The third-order valence-electron chi connectivity index (χ3n) is 4.07. The number of nitrogens with one attached hydrogen (secondary N) is 1. The van der Waals surface area contributed by atoms with E-state index in [1.807, 2.05) is 11.8 Å². The molecule has 2 heterocycles. The third-order valence-corrected chi connectivity index (χ3v) is 4.07. The molecule has 136 valence electrons. The Bertz CT molecular complexity index is 395. The molecule has 2 saturated heterocycles. The van der Waals surface area contributed by atoms with Crippen molar-refractivity contribution < 1.29 is 18.3 Å². The second kappa shape index (κ2) is 9.26. The molecular formula is C14H26F3IN4O. The van der Waals surface area contributed by atoms with Gasteiger partial charge in [-0.3, -0.25) is 9.89 Å². The summed E-state index contributed by atoms with van der Waals surface area (Å²) in [5.41, 5.74) is 0. The standard InChI is InChI=1S/C14H25F3N4O.HI/c1-2-18-13(21-6-4-12(22)9-21)19-7-11-3-5-20(8-11)10-14(15,16)17;/h11-12,22H,2-10H2,1H3,(H,18,19);1H/t11?,12-;/m1./s1. The molecule has 0 saturated carbocycles. The minimum atomic E-state index is -4.13. The lowest BCUT2D eigenvalue weighted by Crippen LogP contribution is -2.40. The van der Waals surface area contributed by atoms with E-state index in [2.05, 4.69) is 10.3 Å². The van der Waals surface area contributed by atoms with Crippen LogP contribution in [0.25, 0.3) is 0 Å². The Balaban J connectivity index is 0.00000264. The maximum Gasteiger partial charge on any atom is 0.401 e. The molecule has 0 aromatic carbocycles. The second-order valence-electron chi connectivity index (χ2n) is 6.09. The fourth-order valence-electron chi connectivity index (χ4n) is 3.03. The fraction of sp³-hybridized carbons (Fsp3) is 0.929. The molecule has 23 heavy (non-hydrogen) atoms. The van der Waals surface area contributed by atoms with Gasteiger partial charge in [0.05, 0.1) is 12.6 Å². The quantitative estimate of drug-likeness (QED) is 0.388. The molecule has 0 aliphatic carbocycles. The average Bonchev–Trinajstić information content (AvgIpc) is 3.02. The summed E-state index contributed by atoms with van der Waals surface area (Å²) in [6, 6.07) is 0. The van der Waals surface area contributed by atoms with Gasteiger partial charge >= 0.3 is 6.18 Å². The van der Waals surface area contributed by atoms with Crippen molar-refractivity contribution in [2.45, 2.75) is 32.0 Å². The summed E-state index contributed by atoms with van der Waals surface area (Å²) in [5.74, 6) is 0.928. The molecule has 1 unspecified atom stereocenters. The van der Waals surface area contributed by atoms with Crippen LogP contribution in [-0.2, 0) is 0 Å². The van der Waals surface area contributed by atoms with Crippen LogP contribution in [0.2, 0.25) is 0 Å². The Morgan fingerprint density at radius 2 is 2.00 bits per heavy atom. The predicted molar refractivity (Wildman–Crippen MR) is 94.2 cm³/mol. The molecule has 0 amide bonds. The molecule has 0 aromatic heterocycles. The third kappa shape index (κ3) is 7.00. The summed E-state index contributed by atoms with van der Waals surface area (Å²) in [6.45, 7) is 4.67. The maximum atomic E-state index is 12.4. The zero-order valence-electron chi connectivity index (χ0n) is 13.3. The van der Waals surface area contributed by atoms with E-state index in [9.17, 15) is 18.3 Å². The van der Waals surface area contributed by atoms with Crippen molar-refractivity contribution in [1.29, 1.82) is 0 Å². The number of nitrogens with zero attached hydrogens (tertiary/aromatic N) is 3. The lowest BCUT2D eigenvalue weighted by atomic mass is 10.1. The summed E-state index contributed by atoms with van der Waals surface area (Å²) in [6.07, 6.45) is -2.97. The van der Waals surface area contributed by atoms with E-state index in [4.69, 9.17) is 0 Å². The first-order valence-corrected chi connectivity index (χ1v) is 7.88. The largest absolute Gasteiger partial charge is 0.401 e. The first kappa shape index (κ1) is 20.8. The van der Waals surface area contributed by atoms with Crippen molar-refractivity contribution in [2.24, 2.45) is 10.9 Å². The SMILES string of the molecule is CCNC(=NCC1CCN(CC(F)(F)F)C1)N1CC[C@@H](O)C1.I. The van der Waals surface area contributed by atoms with E-state index in [0.29, 0.717) is 26.2 Å². The van der Waals surface area contributed by atoms with Gasteiger partial charge in [-0.15, -0.1) is 24.0 Å². The molecule has 2 rings (SSSR count). The molecule has 2 aliphatic rings. The molecule has 5 nitrogen and oxygen atoms in total. The van der Waals surface area contributed by atoms with E-state index in [1.54, 1.807) is 0 Å². The normalized spacial score (nSPS) is 26.5. The number of rotatable bonds is 4. The summed E-state index contributed by atoms with van der Waals surface area (Å²) in [7, 11) is 0. The molecule has 9 heteroatoms. The molecule has 2 fully saturated rings. The summed E-state index contributed by atoms with van der Waals surface area (Å²) in [4.78, 5) is 8.02. The van der Waals surface area contributed by atoms with E-state index >= 15 is 0 Å². The fourth-order valence-corrected chi connectivity index (χ4v) is 3.03. The van der Waals surface area contributed by atoms with Gasteiger partial charge in [0.25, 0.3) is 0 Å². The monoisotopic (exact) mass is 450 g/mol. The Labute approximate surface area is 152 Å². The molecule has 2 aliphatic heterocycles. The van der Waals surface area contributed by atoms with Crippen molar-refractivity contribution in [1.82, 2.24) is 15.1 Å². The van der Waals surface area contributed by atoms with Crippen LogP contribution in [0.4, 0.5) is 13.2 Å². The van der Waals surface area contributed by atoms with Crippen molar-refractivity contribution in [2.75, 3.05) is 45.8 Å². The number of halogens is 4. The van der Waals surface area contributed by atoms with Crippen LogP contribution >= 0.6 is 24.0 Å². The average molecular weight is 450 g/mol. The van der Waals surface area contributed by atoms with Gasteiger partial charge in [-0.1, -0.05) is 0 Å². The summed E-state index contributed by atoms with van der Waals surface area (Å²) < 4.78 is 37.1. The number of aliphatic hydroxyl groups is 1. The molecule has 2 atom stereocenters. The first-order valence-electron chi connectivity index (χ1n) is 7.88. The van der Waals surface area contributed by atoms with Gasteiger partial charge < -0.3 is 15.3 Å². The van der Waals surface area contributed by atoms with Gasteiger partial charge in [-0.05, 0) is 32.2 Å². The van der Waals surface area contributed by atoms with Crippen molar-refractivity contribution in [3.8, 4) is 0 Å². The van der Waals surface area contributed by atoms with Crippen LogP contribution in [0.1, 0.15) is 19.8 Å². The molecule has 0 bridgehead atoms. The zero-order valence-corrected chi connectivity index (χ0v) is 15.7. The van der Waals surface area contributed by atoms with Gasteiger partial charge in [0.1, 0.15) is 0 Å². The Morgan fingerprint density at radius 1 is 1.26 bits per heavy atom. The zero-order chi connectivity index (χ0) is 16.2. The second-order valence-corrected chi connectivity index (χ2v) is 6.09. The highest BCUT2D eigenvalue weighted by molar-refractivity contribution is 14.0. The number of hydrogen-bond acceptors (Lipinski definition) is 3. The molecule has 2 N–H and O–H groups in total. The molecule has 0 aromatic rings. The van der Waals surface area contributed by atoms with Crippen LogP contribution in [0.3, 0.4) is 0 Å². The van der Waals surface area contributed by atoms with E-state index in [0.717, 1.165) is 31.9 Å². The van der Waals surface area contributed by atoms with E-state index in [-0.39, 0.29) is 36.0 Å². The van der Waals surface area contributed by atoms with Crippen LogP contribution in [0, 0.1) is 5.92 Å². The van der Waals surface area contributed by atoms with Gasteiger partial charge in [-0.25, -0.2) is 0 Å². The predicted octanol–water partition coefficient (Wildman–Crippen LogP) is 1.52. The molecule has 0 spiro atoms. The maximum absolute atomic E-state index is 12.4. The lowest BCUT2D eigenvalue weighted by molar-refractivity contribution is -0.143. The van der Waals surface area contributed by atoms with E-state index < -0.39 is 12.7 Å². The highest BCUT2D eigenvalue weighted by atomic mass is 127. The van der Waals surface area contributed by atoms with E-state index in [1.165, 1.54) is 4.90 Å².